The number of aromatic nitrogens is 3. The highest BCUT2D eigenvalue weighted by Crippen LogP contribution is 2.41. The Morgan fingerprint density at radius 1 is 1.22 bits per heavy atom. The van der Waals surface area contributed by atoms with Crippen LogP contribution in [0.4, 0.5) is 15.3 Å². The summed E-state index contributed by atoms with van der Waals surface area (Å²) in [6, 6.07) is 7.18. The largest absolute Gasteiger partial charge is 0.375 e. The summed E-state index contributed by atoms with van der Waals surface area (Å²) in [4.78, 5) is 28.6. The van der Waals surface area contributed by atoms with Crippen molar-refractivity contribution < 1.29 is 9.18 Å². The second-order valence-electron chi connectivity index (χ2n) is 7.36. The van der Waals surface area contributed by atoms with E-state index < -0.39 is 5.82 Å². The van der Waals surface area contributed by atoms with E-state index in [1.54, 1.807) is 17.0 Å². The van der Waals surface area contributed by atoms with Gasteiger partial charge in [0.05, 0.1) is 15.2 Å². The van der Waals surface area contributed by atoms with Gasteiger partial charge in [-0.15, -0.1) is 0 Å². The molecule has 1 amide bonds. The molecule has 0 unspecified atom stereocenters. The van der Waals surface area contributed by atoms with Gasteiger partial charge in [-0.3, -0.25) is 4.79 Å². The van der Waals surface area contributed by atoms with Gasteiger partial charge in [-0.2, -0.15) is 0 Å². The molecule has 0 spiro atoms. The summed E-state index contributed by atoms with van der Waals surface area (Å²) in [5, 5.41) is 1.17. The molecule has 162 valence electrons. The predicted octanol–water partition coefficient (Wildman–Crippen LogP) is 4.12. The number of nitrogens with zero attached hydrogens (tertiary/aromatic N) is 5. The number of hydrogen-bond acceptors (Lipinski definition) is 7. The zero-order chi connectivity index (χ0) is 22.4. The van der Waals surface area contributed by atoms with Gasteiger partial charge in [0.25, 0.3) is 0 Å². The summed E-state index contributed by atoms with van der Waals surface area (Å²) in [7, 11) is 0. The summed E-state index contributed by atoms with van der Waals surface area (Å²) in [6.45, 7) is 5.70. The van der Waals surface area contributed by atoms with Crippen molar-refractivity contribution in [1.82, 2.24) is 19.9 Å². The van der Waals surface area contributed by atoms with Gasteiger partial charge in [-0.05, 0) is 18.2 Å². The van der Waals surface area contributed by atoms with Crippen molar-refractivity contribution in [3.05, 3.63) is 54.1 Å². The van der Waals surface area contributed by atoms with E-state index in [0.717, 1.165) is 4.70 Å². The molecule has 0 aliphatic carbocycles. The fourth-order valence-corrected chi connectivity index (χ4v) is 5.11. The Bertz CT molecular complexity index is 1380. The molecule has 1 aliphatic heterocycles. The normalized spacial score (nSPS) is 14.3. The maximum absolute atomic E-state index is 15.8. The van der Waals surface area contributed by atoms with Crippen molar-refractivity contribution >= 4 is 60.9 Å². The Morgan fingerprint density at radius 2 is 2.00 bits per heavy atom. The second kappa shape index (κ2) is 7.99. The summed E-state index contributed by atoms with van der Waals surface area (Å²) >= 11 is 7.95. The number of carbonyl (C=O) groups is 1. The van der Waals surface area contributed by atoms with Gasteiger partial charge in [-0.25, -0.2) is 19.3 Å². The lowest BCUT2D eigenvalue weighted by Gasteiger charge is -2.35. The fraction of sp³-hybridized carbons (Fsp3) is 0.182. The van der Waals surface area contributed by atoms with Crippen molar-refractivity contribution in [1.29, 1.82) is 0 Å². The van der Waals surface area contributed by atoms with Gasteiger partial charge in [-0.1, -0.05) is 41.6 Å². The molecule has 0 bridgehead atoms. The van der Waals surface area contributed by atoms with Crippen LogP contribution in [-0.2, 0) is 4.79 Å². The highest BCUT2D eigenvalue weighted by atomic mass is 35.5. The average molecular weight is 469 g/mol. The SMILES string of the molecule is C=CC(=O)N1CCN(c2ncnc3c(F)c(-c4cccc5sc(N)nc45)c(Cl)cc23)CC1. The van der Waals surface area contributed by atoms with Crippen LogP contribution in [0.1, 0.15) is 0 Å². The number of benzene rings is 2. The third kappa shape index (κ3) is 3.34. The molecule has 2 aromatic heterocycles. The molecule has 7 nitrogen and oxygen atoms in total. The van der Waals surface area contributed by atoms with Gasteiger partial charge in [0.1, 0.15) is 17.7 Å². The van der Waals surface area contributed by atoms with Crippen molar-refractivity contribution in [2.45, 2.75) is 0 Å². The average Bonchev–Trinajstić information content (AvgIpc) is 3.19. The van der Waals surface area contributed by atoms with E-state index in [1.807, 2.05) is 17.0 Å². The van der Waals surface area contributed by atoms with Crippen LogP contribution in [0.5, 0.6) is 0 Å². The number of nitrogens with two attached hydrogens (primary N) is 1. The van der Waals surface area contributed by atoms with Crippen molar-refractivity contribution in [2.24, 2.45) is 0 Å². The number of anilines is 2. The van der Waals surface area contributed by atoms with E-state index >= 15 is 4.39 Å². The lowest BCUT2D eigenvalue weighted by atomic mass is 10.0. The lowest BCUT2D eigenvalue weighted by molar-refractivity contribution is -0.126. The van der Waals surface area contributed by atoms with Crippen LogP contribution in [-0.4, -0.2) is 51.9 Å². The topological polar surface area (TPSA) is 88.2 Å². The van der Waals surface area contributed by atoms with Crippen LogP contribution in [0.3, 0.4) is 0 Å². The highest BCUT2D eigenvalue weighted by Gasteiger charge is 2.25. The molecule has 4 aromatic rings. The minimum absolute atomic E-state index is 0.104. The molecular formula is C22H18ClFN6OS. The Morgan fingerprint density at radius 3 is 2.75 bits per heavy atom. The fourth-order valence-electron chi connectivity index (χ4n) is 4.05. The number of hydrogen-bond donors (Lipinski definition) is 1. The van der Waals surface area contributed by atoms with Crippen LogP contribution in [0, 0.1) is 5.82 Å². The maximum atomic E-state index is 15.8. The Labute approximate surface area is 192 Å². The first-order valence-electron chi connectivity index (χ1n) is 9.92. The van der Waals surface area contributed by atoms with E-state index in [-0.39, 0.29) is 22.0 Å². The first kappa shape index (κ1) is 20.6. The third-order valence-electron chi connectivity index (χ3n) is 5.57. The highest BCUT2D eigenvalue weighted by molar-refractivity contribution is 7.22. The quantitative estimate of drug-likeness (QED) is 0.455. The number of rotatable bonds is 3. The molecule has 0 atom stereocenters. The molecule has 1 saturated heterocycles. The van der Waals surface area contributed by atoms with E-state index in [1.165, 1.54) is 23.7 Å². The number of fused-ring (bicyclic) bond motifs is 2. The van der Waals surface area contributed by atoms with Crippen LogP contribution < -0.4 is 10.6 Å². The zero-order valence-electron chi connectivity index (χ0n) is 16.9. The first-order valence-corrected chi connectivity index (χ1v) is 11.1. The number of para-hydroxylation sites is 1. The smallest absolute Gasteiger partial charge is 0.246 e. The predicted molar refractivity (Wildman–Crippen MR) is 127 cm³/mol. The van der Waals surface area contributed by atoms with E-state index in [9.17, 15) is 4.79 Å². The first-order chi connectivity index (χ1) is 15.5. The minimum Gasteiger partial charge on any atom is -0.375 e. The summed E-state index contributed by atoms with van der Waals surface area (Å²) in [5.41, 5.74) is 7.46. The summed E-state index contributed by atoms with van der Waals surface area (Å²) in [5.74, 6) is -0.0485. The zero-order valence-corrected chi connectivity index (χ0v) is 18.5. The van der Waals surface area contributed by atoms with Crippen molar-refractivity contribution in [2.75, 3.05) is 36.8 Å². The number of carbonyl (C=O) groups excluding carboxylic acids is 1. The van der Waals surface area contributed by atoms with Crippen LogP contribution in [0.2, 0.25) is 5.02 Å². The Kier molecular flexibility index (Phi) is 5.15. The number of nitrogen functional groups attached to an aromatic ring is 1. The number of thiazole rings is 1. The molecule has 32 heavy (non-hydrogen) atoms. The standard InChI is InChI=1S/C22H18ClFN6OS/c1-2-16(31)29-6-8-30(9-7-29)21-13-10-14(23)17(18(24)20(13)26-11-27-21)12-4-3-5-15-19(12)28-22(25)32-15/h2-5,10-11H,1,6-9H2,(H2,25,28). The summed E-state index contributed by atoms with van der Waals surface area (Å²) in [6.07, 6.45) is 2.66. The van der Waals surface area contributed by atoms with Gasteiger partial charge >= 0.3 is 0 Å². The van der Waals surface area contributed by atoms with Gasteiger partial charge < -0.3 is 15.5 Å². The van der Waals surface area contributed by atoms with Gasteiger partial charge in [0.2, 0.25) is 5.91 Å². The van der Waals surface area contributed by atoms with E-state index in [0.29, 0.717) is 53.6 Å². The molecule has 5 rings (SSSR count). The molecule has 2 aromatic carbocycles. The lowest BCUT2D eigenvalue weighted by Crippen LogP contribution is -2.48. The van der Waals surface area contributed by atoms with Crippen LogP contribution in [0.25, 0.3) is 32.2 Å². The van der Waals surface area contributed by atoms with Crippen LogP contribution >= 0.6 is 22.9 Å². The van der Waals surface area contributed by atoms with E-state index in [4.69, 9.17) is 17.3 Å². The van der Waals surface area contributed by atoms with Crippen molar-refractivity contribution in [3.8, 4) is 11.1 Å². The molecule has 0 radical (unpaired) electrons. The Balaban J connectivity index is 1.60. The number of amides is 1. The number of piperazine rings is 1. The second-order valence-corrected chi connectivity index (χ2v) is 8.83. The van der Waals surface area contributed by atoms with Crippen molar-refractivity contribution in [3.63, 3.8) is 0 Å². The summed E-state index contributed by atoms with van der Waals surface area (Å²) < 4.78 is 16.7. The molecule has 10 heteroatoms. The molecule has 3 heterocycles. The molecule has 1 aliphatic rings. The molecule has 1 fully saturated rings. The van der Waals surface area contributed by atoms with Crippen LogP contribution in [0.15, 0.2) is 43.2 Å². The molecular weight excluding hydrogens is 451 g/mol. The monoisotopic (exact) mass is 468 g/mol. The molecule has 0 saturated carbocycles. The van der Waals surface area contributed by atoms with Gasteiger partial charge in [0, 0.05) is 42.7 Å². The third-order valence-corrected chi connectivity index (χ3v) is 6.72. The minimum atomic E-state index is -0.532. The van der Waals surface area contributed by atoms with E-state index in [2.05, 4.69) is 21.5 Å². The van der Waals surface area contributed by atoms with Gasteiger partial charge in [0.15, 0.2) is 10.9 Å². The maximum Gasteiger partial charge on any atom is 0.246 e. The number of halogens is 2. The Hall–Kier alpha value is -3.30. The molecule has 2 N–H and O–H groups in total.